The summed E-state index contributed by atoms with van der Waals surface area (Å²) >= 11 is 0. The molecule has 0 radical (unpaired) electrons. The molecule has 0 spiro atoms. The molecule has 3 rings (SSSR count). The number of esters is 1. The second-order valence-corrected chi connectivity index (χ2v) is 7.97. The summed E-state index contributed by atoms with van der Waals surface area (Å²) in [4.78, 5) is 14.6. The summed E-state index contributed by atoms with van der Waals surface area (Å²) in [5.74, 6) is 0.293. The number of carbonyl (C=O) groups is 1. The van der Waals surface area contributed by atoms with Crippen molar-refractivity contribution in [2.45, 2.75) is 44.4 Å². The number of nitrogens with zero attached hydrogens (tertiary/aromatic N) is 1. The molecule has 7 nitrogen and oxygen atoms in total. The Labute approximate surface area is 158 Å². The number of hydrazone groups is 1. The van der Waals surface area contributed by atoms with Crippen molar-refractivity contribution in [2.75, 3.05) is 6.61 Å². The first-order chi connectivity index (χ1) is 12.9. The Hall–Kier alpha value is -2.61. The van der Waals surface area contributed by atoms with Crippen molar-refractivity contribution in [3.63, 3.8) is 0 Å². The van der Waals surface area contributed by atoms with E-state index in [2.05, 4.69) is 9.93 Å². The zero-order chi connectivity index (χ0) is 19.4. The summed E-state index contributed by atoms with van der Waals surface area (Å²) in [6, 6.07) is 8.04. The average molecular weight is 390 g/mol. The lowest BCUT2D eigenvalue weighted by Crippen LogP contribution is -2.22. The van der Waals surface area contributed by atoms with Gasteiger partial charge < -0.3 is 9.15 Å². The summed E-state index contributed by atoms with van der Waals surface area (Å²) in [6.45, 7) is 4.00. The molecule has 1 aliphatic carbocycles. The number of furan rings is 1. The predicted molar refractivity (Wildman–Crippen MR) is 100 cm³/mol. The van der Waals surface area contributed by atoms with Crippen LogP contribution in [0.3, 0.4) is 0 Å². The van der Waals surface area contributed by atoms with Crippen LogP contribution >= 0.6 is 0 Å². The number of fused-ring (bicyclic) bond motifs is 1. The number of carbonyl (C=O) groups excluding carboxylic acids is 1. The molecule has 0 saturated heterocycles. The summed E-state index contributed by atoms with van der Waals surface area (Å²) in [6.07, 6.45) is 2.74. The van der Waals surface area contributed by atoms with Gasteiger partial charge in [0.2, 0.25) is 5.76 Å². The highest BCUT2D eigenvalue weighted by molar-refractivity contribution is 7.89. The standard InChI is InChI=1S/C19H22N2O5S/c1-3-12-25-19(22)18-13(2)17-15(10-7-11-16(17)26-18)20-21-27(23,24)14-8-5-4-6-9-14/h4-6,8-9,21H,3,7,10-12H2,1-2H3/b20-15+. The van der Waals surface area contributed by atoms with Crippen LogP contribution in [-0.2, 0) is 21.2 Å². The van der Waals surface area contributed by atoms with Crippen LogP contribution in [-0.4, -0.2) is 26.7 Å². The maximum Gasteiger partial charge on any atom is 0.374 e. The smallest absolute Gasteiger partial charge is 0.374 e. The van der Waals surface area contributed by atoms with Gasteiger partial charge in [0.25, 0.3) is 10.0 Å². The lowest BCUT2D eigenvalue weighted by atomic mass is 9.93. The van der Waals surface area contributed by atoms with Crippen LogP contribution in [0.4, 0.5) is 0 Å². The van der Waals surface area contributed by atoms with Crippen molar-refractivity contribution < 1.29 is 22.4 Å². The minimum atomic E-state index is -3.76. The molecule has 0 bridgehead atoms. The number of nitrogens with one attached hydrogen (secondary N) is 1. The molecule has 1 N–H and O–H groups in total. The summed E-state index contributed by atoms with van der Waals surface area (Å²) in [5.41, 5.74) is 1.88. The van der Waals surface area contributed by atoms with Crippen molar-refractivity contribution in [3.8, 4) is 0 Å². The zero-order valence-electron chi connectivity index (χ0n) is 15.3. The average Bonchev–Trinajstić information content (AvgIpc) is 3.02. The quantitative estimate of drug-likeness (QED) is 0.603. The number of hydrogen-bond donors (Lipinski definition) is 1. The Bertz CT molecular complexity index is 961. The van der Waals surface area contributed by atoms with E-state index >= 15 is 0 Å². The van der Waals surface area contributed by atoms with Gasteiger partial charge in [0, 0.05) is 17.5 Å². The molecule has 0 saturated carbocycles. The lowest BCUT2D eigenvalue weighted by molar-refractivity contribution is 0.0465. The number of sulfonamides is 1. The molecule has 144 valence electrons. The van der Waals surface area contributed by atoms with E-state index in [0.717, 1.165) is 12.8 Å². The molecule has 1 aromatic heterocycles. The molecule has 0 amide bonds. The largest absolute Gasteiger partial charge is 0.460 e. The van der Waals surface area contributed by atoms with Gasteiger partial charge in [-0.25, -0.2) is 4.79 Å². The first-order valence-corrected chi connectivity index (χ1v) is 10.4. The Morgan fingerprint density at radius 3 is 2.70 bits per heavy atom. The monoisotopic (exact) mass is 390 g/mol. The number of rotatable bonds is 6. The highest BCUT2D eigenvalue weighted by Crippen LogP contribution is 2.30. The number of hydrogen-bond acceptors (Lipinski definition) is 6. The van der Waals surface area contributed by atoms with Crippen molar-refractivity contribution >= 4 is 21.7 Å². The van der Waals surface area contributed by atoms with Gasteiger partial charge >= 0.3 is 5.97 Å². The maximum atomic E-state index is 12.4. The first kappa shape index (κ1) is 19.2. The normalized spacial score (nSPS) is 15.4. The second kappa shape index (κ2) is 7.96. The third kappa shape index (κ3) is 4.05. The van der Waals surface area contributed by atoms with Gasteiger partial charge in [0.15, 0.2) is 0 Å². The summed E-state index contributed by atoms with van der Waals surface area (Å²) in [5, 5.41) is 4.13. The molecule has 1 heterocycles. The summed E-state index contributed by atoms with van der Waals surface area (Å²) < 4.78 is 35.6. The Morgan fingerprint density at radius 1 is 1.26 bits per heavy atom. The van der Waals surface area contributed by atoms with Gasteiger partial charge in [-0.2, -0.15) is 18.4 Å². The van der Waals surface area contributed by atoms with E-state index in [1.54, 1.807) is 25.1 Å². The van der Waals surface area contributed by atoms with Crippen LogP contribution < -0.4 is 4.83 Å². The number of ether oxygens (including phenoxy) is 1. The van der Waals surface area contributed by atoms with Crippen LogP contribution in [0.15, 0.2) is 44.7 Å². The van der Waals surface area contributed by atoms with E-state index in [-0.39, 0.29) is 10.7 Å². The van der Waals surface area contributed by atoms with E-state index in [1.807, 2.05) is 6.92 Å². The molecule has 0 atom stereocenters. The van der Waals surface area contributed by atoms with E-state index in [9.17, 15) is 13.2 Å². The Morgan fingerprint density at radius 2 is 2.00 bits per heavy atom. The first-order valence-electron chi connectivity index (χ1n) is 8.87. The van der Waals surface area contributed by atoms with Crippen LogP contribution in [0.2, 0.25) is 0 Å². The molecule has 0 aliphatic heterocycles. The molecule has 1 aliphatic rings. The Balaban J connectivity index is 1.89. The molecular weight excluding hydrogens is 368 g/mol. The van der Waals surface area contributed by atoms with Gasteiger partial charge in [0.1, 0.15) is 5.76 Å². The third-order valence-corrected chi connectivity index (χ3v) is 5.53. The number of benzene rings is 1. The van der Waals surface area contributed by atoms with Gasteiger partial charge in [-0.05, 0) is 38.3 Å². The molecule has 2 aromatic rings. The van der Waals surface area contributed by atoms with Crippen LogP contribution in [0, 0.1) is 6.92 Å². The fraction of sp³-hybridized carbons (Fsp3) is 0.368. The topological polar surface area (TPSA) is 98.0 Å². The lowest BCUT2D eigenvalue weighted by Gasteiger charge is -2.14. The van der Waals surface area contributed by atoms with E-state index < -0.39 is 16.0 Å². The highest BCUT2D eigenvalue weighted by atomic mass is 32.2. The minimum absolute atomic E-state index is 0.137. The van der Waals surface area contributed by atoms with Crippen molar-refractivity contribution in [1.29, 1.82) is 0 Å². The highest BCUT2D eigenvalue weighted by Gasteiger charge is 2.29. The van der Waals surface area contributed by atoms with Crippen molar-refractivity contribution in [3.05, 3.63) is 53.0 Å². The van der Waals surface area contributed by atoms with E-state index in [1.165, 1.54) is 12.1 Å². The SMILES string of the molecule is CCCOC(=O)c1oc2c(c1C)/C(=N/NS(=O)(=O)c1ccccc1)CCC2. The zero-order valence-corrected chi connectivity index (χ0v) is 16.1. The van der Waals surface area contributed by atoms with Crippen molar-refractivity contribution in [1.82, 2.24) is 4.83 Å². The third-order valence-electron chi connectivity index (χ3n) is 4.30. The minimum Gasteiger partial charge on any atom is -0.460 e. The number of aryl methyl sites for hydroxylation is 1. The van der Waals surface area contributed by atoms with E-state index in [0.29, 0.717) is 42.0 Å². The van der Waals surface area contributed by atoms with Crippen LogP contribution in [0.1, 0.15) is 53.6 Å². The molecule has 1 aromatic carbocycles. The molecule has 27 heavy (non-hydrogen) atoms. The van der Waals surface area contributed by atoms with Gasteiger partial charge in [-0.3, -0.25) is 0 Å². The fourth-order valence-electron chi connectivity index (χ4n) is 3.00. The fourth-order valence-corrected chi connectivity index (χ4v) is 3.85. The Kier molecular flexibility index (Phi) is 5.65. The van der Waals surface area contributed by atoms with Gasteiger partial charge in [0.05, 0.1) is 17.2 Å². The van der Waals surface area contributed by atoms with Gasteiger partial charge in [-0.15, -0.1) is 0 Å². The summed E-state index contributed by atoms with van der Waals surface area (Å²) in [7, 11) is -3.76. The van der Waals surface area contributed by atoms with Crippen LogP contribution in [0.25, 0.3) is 0 Å². The second-order valence-electron chi connectivity index (χ2n) is 6.31. The van der Waals surface area contributed by atoms with E-state index in [4.69, 9.17) is 9.15 Å². The van der Waals surface area contributed by atoms with Gasteiger partial charge in [-0.1, -0.05) is 25.1 Å². The molecule has 0 fully saturated rings. The van der Waals surface area contributed by atoms with Crippen molar-refractivity contribution in [2.24, 2.45) is 5.10 Å². The van der Waals surface area contributed by atoms with Crippen LogP contribution in [0.5, 0.6) is 0 Å². The molecular formula is C19H22N2O5S. The predicted octanol–water partition coefficient (Wildman–Crippen LogP) is 3.17. The molecule has 8 heteroatoms. The molecule has 0 unspecified atom stereocenters. The maximum absolute atomic E-state index is 12.4.